The highest BCUT2D eigenvalue weighted by atomic mass is 16.7. The minimum Gasteiger partial charge on any atom is -0.394 e. The minimum absolute atomic E-state index is 0.337. The van der Waals surface area contributed by atoms with Gasteiger partial charge in [0.2, 0.25) is 5.79 Å². The lowest BCUT2D eigenvalue weighted by molar-refractivity contribution is -0.435. The Kier molecular flexibility index (Phi) is 4.19. The summed E-state index contributed by atoms with van der Waals surface area (Å²) in [6, 6.07) is 0. The van der Waals surface area contributed by atoms with Crippen molar-refractivity contribution in [2.45, 2.75) is 60.4 Å². The zero-order valence-corrected chi connectivity index (χ0v) is 11.8. The molecule has 0 aliphatic carbocycles. The van der Waals surface area contributed by atoms with E-state index in [4.69, 9.17) is 14.2 Å². The molecule has 2 bridgehead atoms. The first kappa shape index (κ1) is 17.4. The fourth-order valence-corrected chi connectivity index (χ4v) is 3.52. The van der Waals surface area contributed by atoms with E-state index in [2.05, 4.69) is 0 Å². The molecule has 3 saturated heterocycles. The van der Waals surface area contributed by atoms with Crippen molar-refractivity contribution >= 4 is 0 Å². The van der Waals surface area contributed by atoms with Crippen LogP contribution in [0.3, 0.4) is 0 Å². The fourth-order valence-electron chi connectivity index (χ4n) is 3.52. The van der Waals surface area contributed by atoms with Crippen molar-refractivity contribution in [1.29, 1.82) is 0 Å². The topological polar surface area (TPSA) is 190 Å². The lowest BCUT2D eigenvalue weighted by Crippen LogP contribution is -2.81. The smallest absolute Gasteiger partial charge is 0.230 e. The van der Waals surface area contributed by atoms with Crippen molar-refractivity contribution in [1.82, 2.24) is 0 Å². The standard InChI is InChI=1S/C12H20O11/c13-1-3-5(14)6(15)8(17)12(20,23-3)11-7(16)4(2-21-11)22-10(19)9(11)18/h3-10,13-20H,1-2H2/t3-,4-,5+,6+,7+,8-,9+,10+,11+,12?/m0/s1. The van der Waals surface area contributed by atoms with Crippen LogP contribution in [0.2, 0.25) is 0 Å². The van der Waals surface area contributed by atoms with Crippen molar-refractivity contribution in [2.24, 2.45) is 0 Å². The molecule has 3 rings (SSSR count). The quantitative estimate of drug-likeness (QED) is 0.239. The number of hydrogen-bond donors (Lipinski definition) is 8. The summed E-state index contributed by atoms with van der Waals surface area (Å²) >= 11 is 0. The van der Waals surface area contributed by atoms with Gasteiger partial charge in [0.05, 0.1) is 13.2 Å². The Balaban J connectivity index is 2.06. The number of rotatable bonds is 2. The van der Waals surface area contributed by atoms with E-state index in [0.29, 0.717) is 0 Å². The van der Waals surface area contributed by atoms with E-state index in [0.717, 1.165) is 0 Å². The van der Waals surface area contributed by atoms with Crippen molar-refractivity contribution < 1.29 is 55.1 Å². The van der Waals surface area contributed by atoms with E-state index in [1.807, 2.05) is 0 Å². The second-order valence-corrected chi connectivity index (χ2v) is 6.02. The van der Waals surface area contributed by atoms with Crippen LogP contribution in [0.25, 0.3) is 0 Å². The Morgan fingerprint density at radius 2 is 1.57 bits per heavy atom. The van der Waals surface area contributed by atoms with Crippen LogP contribution in [0, 0.1) is 0 Å². The third-order valence-corrected chi connectivity index (χ3v) is 4.83. The van der Waals surface area contributed by atoms with Crippen molar-refractivity contribution in [3.63, 3.8) is 0 Å². The Morgan fingerprint density at radius 1 is 0.913 bits per heavy atom. The molecule has 11 nitrogen and oxygen atoms in total. The summed E-state index contributed by atoms with van der Waals surface area (Å²) in [5.41, 5.74) is -2.46. The van der Waals surface area contributed by atoms with Crippen LogP contribution in [-0.4, -0.2) is 114 Å². The molecular formula is C12H20O11. The molecule has 8 N–H and O–H groups in total. The van der Waals surface area contributed by atoms with Crippen LogP contribution >= 0.6 is 0 Å². The first-order valence-corrected chi connectivity index (χ1v) is 7.09. The van der Waals surface area contributed by atoms with E-state index < -0.39 is 67.0 Å². The van der Waals surface area contributed by atoms with Gasteiger partial charge in [0.1, 0.15) is 42.7 Å². The molecule has 0 aromatic heterocycles. The van der Waals surface area contributed by atoms with Crippen molar-refractivity contribution in [3.05, 3.63) is 0 Å². The Labute approximate surface area is 129 Å². The molecule has 1 unspecified atom stereocenters. The first-order valence-electron chi connectivity index (χ1n) is 7.09. The molecule has 0 amide bonds. The van der Waals surface area contributed by atoms with Crippen LogP contribution in [0.4, 0.5) is 0 Å². The summed E-state index contributed by atoms with van der Waals surface area (Å²) < 4.78 is 15.3. The molecule has 0 aromatic rings. The van der Waals surface area contributed by atoms with Gasteiger partial charge in [0.25, 0.3) is 0 Å². The maximum absolute atomic E-state index is 10.8. The van der Waals surface area contributed by atoms with Gasteiger partial charge in [0.15, 0.2) is 11.9 Å². The summed E-state index contributed by atoms with van der Waals surface area (Å²) in [5.74, 6) is -2.93. The molecule has 0 aromatic carbocycles. The van der Waals surface area contributed by atoms with Gasteiger partial charge < -0.3 is 55.1 Å². The molecule has 0 saturated carbocycles. The second kappa shape index (κ2) is 5.54. The number of aliphatic hydroxyl groups is 8. The number of fused-ring (bicyclic) bond motifs is 2. The van der Waals surface area contributed by atoms with Crippen molar-refractivity contribution in [2.75, 3.05) is 13.2 Å². The lowest BCUT2D eigenvalue weighted by atomic mass is 9.73. The highest BCUT2D eigenvalue weighted by Crippen LogP contribution is 2.49. The summed E-state index contributed by atoms with van der Waals surface area (Å²) in [4.78, 5) is 0. The number of aliphatic hydroxyl groups excluding tert-OH is 7. The molecule has 11 heteroatoms. The van der Waals surface area contributed by atoms with E-state index in [-0.39, 0.29) is 6.61 Å². The van der Waals surface area contributed by atoms with Gasteiger partial charge in [-0.05, 0) is 0 Å². The normalized spacial score (nSPS) is 60.0. The minimum atomic E-state index is -2.93. The molecule has 3 aliphatic rings. The Morgan fingerprint density at radius 3 is 2.17 bits per heavy atom. The summed E-state index contributed by atoms with van der Waals surface area (Å²) in [6.07, 6.45) is -14.2. The predicted molar refractivity (Wildman–Crippen MR) is 66.5 cm³/mol. The summed E-state index contributed by atoms with van der Waals surface area (Å²) in [7, 11) is 0. The number of hydrogen-bond acceptors (Lipinski definition) is 11. The monoisotopic (exact) mass is 340 g/mol. The van der Waals surface area contributed by atoms with Gasteiger partial charge in [-0.2, -0.15) is 0 Å². The molecule has 134 valence electrons. The number of ether oxygens (including phenoxy) is 3. The average molecular weight is 340 g/mol. The van der Waals surface area contributed by atoms with Gasteiger partial charge in [-0.1, -0.05) is 0 Å². The third-order valence-electron chi connectivity index (χ3n) is 4.83. The van der Waals surface area contributed by atoms with Gasteiger partial charge in [-0.25, -0.2) is 0 Å². The fraction of sp³-hybridized carbons (Fsp3) is 1.00. The SMILES string of the molecule is OC[C@@H]1OC(O)([C@]23OC[C@H](O[C@@H](O)[C@H]2O)[C@H]3O)[C@@H](O)[C@H](O)[C@@H]1O. The van der Waals surface area contributed by atoms with Gasteiger partial charge in [-0.3, -0.25) is 0 Å². The van der Waals surface area contributed by atoms with E-state index >= 15 is 0 Å². The largest absolute Gasteiger partial charge is 0.394 e. The molecule has 3 fully saturated rings. The van der Waals surface area contributed by atoms with Crippen LogP contribution in [-0.2, 0) is 14.2 Å². The zero-order chi connectivity index (χ0) is 17.2. The van der Waals surface area contributed by atoms with Gasteiger partial charge in [-0.15, -0.1) is 0 Å². The van der Waals surface area contributed by atoms with Crippen LogP contribution in [0.5, 0.6) is 0 Å². The molecule has 3 aliphatic heterocycles. The summed E-state index contributed by atoms with van der Waals surface area (Å²) in [5, 5.41) is 80.1. The first-order chi connectivity index (χ1) is 10.7. The zero-order valence-electron chi connectivity index (χ0n) is 11.8. The maximum atomic E-state index is 10.8. The van der Waals surface area contributed by atoms with Crippen LogP contribution in [0.15, 0.2) is 0 Å². The van der Waals surface area contributed by atoms with E-state index in [1.165, 1.54) is 0 Å². The van der Waals surface area contributed by atoms with Crippen LogP contribution < -0.4 is 0 Å². The molecule has 23 heavy (non-hydrogen) atoms. The highest BCUT2D eigenvalue weighted by Gasteiger charge is 2.76. The molecule has 10 atom stereocenters. The summed E-state index contributed by atoms with van der Waals surface area (Å²) in [6.45, 7) is -1.17. The van der Waals surface area contributed by atoms with Gasteiger partial charge >= 0.3 is 0 Å². The predicted octanol–water partition coefficient (Wildman–Crippen LogP) is -5.64. The molecular weight excluding hydrogens is 320 g/mol. The molecule has 0 radical (unpaired) electrons. The maximum Gasteiger partial charge on any atom is 0.230 e. The average Bonchev–Trinajstić information content (AvgIpc) is 2.78. The second-order valence-electron chi connectivity index (χ2n) is 6.02. The Bertz CT molecular complexity index is 460. The molecule has 0 spiro atoms. The lowest BCUT2D eigenvalue weighted by Gasteiger charge is -2.56. The van der Waals surface area contributed by atoms with Crippen LogP contribution in [0.1, 0.15) is 0 Å². The third kappa shape index (κ3) is 2.04. The highest BCUT2D eigenvalue weighted by molar-refractivity contribution is 5.19. The van der Waals surface area contributed by atoms with Crippen molar-refractivity contribution in [3.8, 4) is 0 Å². The van der Waals surface area contributed by atoms with E-state index in [1.54, 1.807) is 0 Å². The van der Waals surface area contributed by atoms with Gasteiger partial charge in [0, 0.05) is 0 Å². The Hall–Kier alpha value is -0.440. The molecule has 3 heterocycles. The van der Waals surface area contributed by atoms with E-state index in [9.17, 15) is 40.9 Å².